The monoisotopic (exact) mass is 233 g/mol. The van der Waals surface area contributed by atoms with Crippen molar-refractivity contribution in [1.29, 1.82) is 0 Å². The molecule has 1 N–H and O–H groups in total. The zero-order chi connectivity index (χ0) is 11.9. The van der Waals surface area contributed by atoms with E-state index in [1.54, 1.807) is 0 Å². The second kappa shape index (κ2) is 6.65. The van der Waals surface area contributed by atoms with Gasteiger partial charge >= 0.3 is 0 Å². The molecule has 2 heteroatoms. The zero-order valence-electron chi connectivity index (χ0n) is 10.7. The lowest BCUT2D eigenvalue weighted by Gasteiger charge is -2.13. The third-order valence-electron chi connectivity index (χ3n) is 3.50. The van der Waals surface area contributed by atoms with E-state index in [4.69, 9.17) is 4.74 Å². The van der Waals surface area contributed by atoms with Gasteiger partial charge in [-0.15, -0.1) is 0 Å². The Morgan fingerprint density at radius 3 is 2.76 bits per heavy atom. The molecule has 0 spiro atoms. The molecule has 1 aromatic rings. The van der Waals surface area contributed by atoms with Crippen molar-refractivity contribution in [1.82, 2.24) is 5.32 Å². The van der Waals surface area contributed by atoms with E-state index in [1.807, 2.05) is 13.0 Å². The van der Waals surface area contributed by atoms with Crippen LogP contribution in [-0.2, 0) is 6.54 Å². The summed E-state index contributed by atoms with van der Waals surface area (Å²) in [6, 6.07) is 8.31. The summed E-state index contributed by atoms with van der Waals surface area (Å²) >= 11 is 0. The van der Waals surface area contributed by atoms with Crippen molar-refractivity contribution >= 4 is 0 Å². The van der Waals surface area contributed by atoms with E-state index in [9.17, 15) is 0 Å². The molecular formula is C15H23NO. The van der Waals surface area contributed by atoms with Gasteiger partial charge in [-0.25, -0.2) is 0 Å². The first-order chi connectivity index (χ1) is 8.40. The first kappa shape index (κ1) is 12.4. The number of benzene rings is 1. The van der Waals surface area contributed by atoms with Crippen molar-refractivity contribution in [2.24, 2.45) is 5.92 Å². The maximum absolute atomic E-state index is 5.62. The van der Waals surface area contributed by atoms with Gasteiger partial charge in [-0.1, -0.05) is 31.0 Å². The highest BCUT2D eigenvalue weighted by Gasteiger charge is 2.14. The zero-order valence-corrected chi connectivity index (χ0v) is 10.7. The molecule has 1 fully saturated rings. The van der Waals surface area contributed by atoms with Gasteiger partial charge in [0.25, 0.3) is 0 Å². The van der Waals surface area contributed by atoms with Crippen molar-refractivity contribution in [3.63, 3.8) is 0 Å². The fraction of sp³-hybridized carbons (Fsp3) is 0.600. The van der Waals surface area contributed by atoms with Crippen LogP contribution in [0, 0.1) is 5.92 Å². The van der Waals surface area contributed by atoms with Crippen molar-refractivity contribution in [3.8, 4) is 5.75 Å². The molecule has 0 unspecified atom stereocenters. The van der Waals surface area contributed by atoms with Crippen LogP contribution < -0.4 is 10.1 Å². The molecule has 17 heavy (non-hydrogen) atoms. The molecule has 0 saturated heterocycles. The molecule has 0 aliphatic heterocycles. The Balaban J connectivity index is 1.80. The van der Waals surface area contributed by atoms with Gasteiger partial charge in [-0.3, -0.25) is 0 Å². The smallest absolute Gasteiger partial charge is 0.123 e. The van der Waals surface area contributed by atoms with Crippen LogP contribution in [-0.4, -0.2) is 13.2 Å². The van der Waals surface area contributed by atoms with Gasteiger partial charge in [0.2, 0.25) is 0 Å². The number of rotatable bonds is 6. The molecule has 0 aromatic heterocycles. The van der Waals surface area contributed by atoms with E-state index < -0.39 is 0 Å². The number of para-hydroxylation sites is 1. The second-order valence-electron chi connectivity index (χ2n) is 4.82. The van der Waals surface area contributed by atoms with Gasteiger partial charge in [0.1, 0.15) is 5.75 Å². The summed E-state index contributed by atoms with van der Waals surface area (Å²) in [4.78, 5) is 0. The van der Waals surface area contributed by atoms with Crippen LogP contribution in [0.4, 0.5) is 0 Å². The molecule has 0 heterocycles. The van der Waals surface area contributed by atoms with E-state index in [0.29, 0.717) is 0 Å². The Hall–Kier alpha value is -1.02. The summed E-state index contributed by atoms with van der Waals surface area (Å²) in [6.45, 7) is 4.84. The Morgan fingerprint density at radius 2 is 2.00 bits per heavy atom. The molecule has 2 nitrogen and oxygen atoms in total. The third kappa shape index (κ3) is 3.74. The molecule has 94 valence electrons. The Morgan fingerprint density at radius 1 is 1.24 bits per heavy atom. The summed E-state index contributed by atoms with van der Waals surface area (Å²) in [5.74, 6) is 1.92. The van der Waals surface area contributed by atoms with Crippen LogP contribution in [0.1, 0.15) is 38.2 Å². The summed E-state index contributed by atoms with van der Waals surface area (Å²) in [5.41, 5.74) is 1.27. The van der Waals surface area contributed by atoms with Gasteiger partial charge < -0.3 is 10.1 Å². The molecule has 1 aromatic carbocycles. The lowest BCUT2D eigenvalue weighted by atomic mass is 10.1. The fourth-order valence-electron chi connectivity index (χ4n) is 2.57. The number of hydrogen-bond donors (Lipinski definition) is 1. The molecule has 0 atom stereocenters. The lowest BCUT2D eigenvalue weighted by molar-refractivity contribution is 0.335. The van der Waals surface area contributed by atoms with Gasteiger partial charge in [0.15, 0.2) is 0 Å². The predicted molar refractivity (Wildman–Crippen MR) is 71.3 cm³/mol. The quantitative estimate of drug-likeness (QED) is 0.813. The van der Waals surface area contributed by atoms with E-state index in [2.05, 4.69) is 23.5 Å². The highest BCUT2D eigenvalue weighted by atomic mass is 16.5. The number of hydrogen-bond acceptors (Lipinski definition) is 2. The van der Waals surface area contributed by atoms with Crippen LogP contribution in [0.25, 0.3) is 0 Å². The van der Waals surface area contributed by atoms with Crippen LogP contribution in [0.3, 0.4) is 0 Å². The standard InChI is InChI=1S/C15H23NO/c1-2-17-15-10-6-5-9-14(15)12-16-11-13-7-3-4-8-13/h5-6,9-10,13,16H,2-4,7-8,11-12H2,1H3. The maximum Gasteiger partial charge on any atom is 0.123 e. The number of ether oxygens (including phenoxy) is 1. The van der Waals surface area contributed by atoms with Gasteiger partial charge in [-0.05, 0) is 38.3 Å². The minimum absolute atomic E-state index is 0.736. The third-order valence-corrected chi connectivity index (χ3v) is 3.50. The Bertz CT molecular complexity index is 331. The van der Waals surface area contributed by atoms with Crippen LogP contribution in [0.2, 0.25) is 0 Å². The largest absolute Gasteiger partial charge is 0.494 e. The van der Waals surface area contributed by atoms with Crippen LogP contribution >= 0.6 is 0 Å². The van der Waals surface area contributed by atoms with Crippen LogP contribution in [0.5, 0.6) is 5.75 Å². The second-order valence-corrected chi connectivity index (χ2v) is 4.82. The average Bonchev–Trinajstić information content (AvgIpc) is 2.85. The van der Waals surface area contributed by atoms with Crippen molar-refractivity contribution in [2.75, 3.05) is 13.2 Å². The summed E-state index contributed by atoms with van der Waals surface area (Å²) < 4.78 is 5.62. The Labute approximate surface area is 104 Å². The molecule has 0 bridgehead atoms. The van der Waals surface area contributed by atoms with E-state index >= 15 is 0 Å². The summed E-state index contributed by atoms with van der Waals surface area (Å²) in [7, 11) is 0. The molecule has 0 radical (unpaired) electrons. The van der Waals surface area contributed by atoms with E-state index in [1.165, 1.54) is 31.2 Å². The Kier molecular flexibility index (Phi) is 4.87. The highest BCUT2D eigenvalue weighted by molar-refractivity contribution is 5.33. The van der Waals surface area contributed by atoms with Crippen molar-refractivity contribution in [3.05, 3.63) is 29.8 Å². The first-order valence-electron chi connectivity index (χ1n) is 6.81. The van der Waals surface area contributed by atoms with Crippen LogP contribution in [0.15, 0.2) is 24.3 Å². The van der Waals surface area contributed by atoms with E-state index in [0.717, 1.165) is 31.4 Å². The SMILES string of the molecule is CCOc1ccccc1CNCC1CCCC1. The van der Waals surface area contributed by atoms with Crippen molar-refractivity contribution < 1.29 is 4.74 Å². The highest BCUT2D eigenvalue weighted by Crippen LogP contribution is 2.24. The normalized spacial score (nSPS) is 16.3. The van der Waals surface area contributed by atoms with Gasteiger partial charge in [-0.2, -0.15) is 0 Å². The summed E-state index contributed by atoms with van der Waals surface area (Å²) in [5, 5.41) is 3.56. The minimum atomic E-state index is 0.736. The molecular weight excluding hydrogens is 210 g/mol. The van der Waals surface area contributed by atoms with E-state index in [-0.39, 0.29) is 0 Å². The lowest BCUT2D eigenvalue weighted by Crippen LogP contribution is -2.21. The predicted octanol–water partition coefficient (Wildman–Crippen LogP) is 3.37. The van der Waals surface area contributed by atoms with Gasteiger partial charge in [0.05, 0.1) is 6.61 Å². The number of nitrogens with one attached hydrogen (secondary N) is 1. The first-order valence-corrected chi connectivity index (χ1v) is 6.81. The van der Waals surface area contributed by atoms with Gasteiger partial charge in [0, 0.05) is 12.1 Å². The maximum atomic E-state index is 5.62. The molecule has 2 rings (SSSR count). The van der Waals surface area contributed by atoms with Crippen molar-refractivity contribution in [2.45, 2.75) is 39.2 Å². The molecule has 1 aliphatic carbocycles. The average molecular weight is 233 g/mol. The minimum Gasteiger partial charge on any atom is -0.494 e. The fourth-order valence-corrected chi connectivity index (χ4v) is 2.57. The molecule has 0 amide bonds. The summed E-state index contributed by atoms with van der Waals surface area (Å²) in [6.07, 6.45) is 5.64. The topological polar surface area (TPSA) is 21.3 Å². The molecule has 1 saturated carbocycles. The molecule has 1 aliphatic rings.